The van der Waals surface area contributed by atoms with Crippen molar-refractivity contribution in [2.75, 3.05) is 19.0 Å². The standard InChI is InChI=1S/C26H27FN8O6/c1-13(12-36)40-20-11-16(39-3)10-18(21(20)27)22(24-33-26(38)35(34-24)25-30-7-4-8-31-25)32-15-5-6-17(23(28)29)19(9-15)41-14(2)37/h4-11,13,22,32,36H,12H2,1-3H3,(H3,28,29)(H,33,34,38)/t13-,22-/m0/s1. The number of nitrogen functional groups attached to an aromatic ring is 1. The number of anilines is 1. The number of H-pyrrole nitrogens is 1. The van der Waals surface area contributed by atoms with Gasteiger partial charge in [-0.15, -0.1) is 9.78 Å². The summed E-state index contributed by atoms with van der Waals surface area (Å²) in [6.07, 6.45) is 2.12. The second-order valence-corrected chi connectivity index (χ2v) is 8.71. The number of methoxy groups -OCH3 is 1. The molecule has 0 spiro atoms. The number of hydrogen-bond donors (Lipinski definition) is 5. The molecule has 2 atom stereocenters. The zero-order valence-electron chi connectivity index (χ0n) is 22.2. The lowest BCUT2D eigenvalue weighted by Crippen LogP contribution is -2.20. The number of aromatic amines is 1. The van der Waals surface area contributed by atoms with Crippen LogP contribution in [0.15, 0.2) is 53.6 Å². The van der Waals surface area contributed by atoms with Gasteiger partial charge < -0.3 is 30.4 Å². The molecule has 0 fully saturated rings. The van der Waals surface area contributed by atoms with Crippen molar-refractivity contribution < 1.29 is 28.5 Å². The third kappa shape index (κ3) is 6.47. The average Bonchev–Trinajstić information content (AvgIpc) is 3.34. The van der Waals surface area contributed by atoms with Crippen molar-refractivity contribution in [2.24, 2.45) is 5.73 Å². The number of carbonyl (C=O) groups excluding carboxylic acids is 1. The molecule has 4 rings (SSSR count). The van der Waals surface area contributed by atoms with Crippen molar-refractivity contribution in [3.05, 3.63) is 82.0 Å². The van der Waals surface area contributed by atoms with E-state index in [9.17, 15) is 14.7 Å². The van der Waals surface area contributed by atoms with Gasteiger partial charge >= 0.3 is 11.7 Å². The molecule has 0 radical (unpaired) electrons. The highest BCUT2D eigenvalue weighted by Crippen LogP contribution is 2.36. The van der Waals surface area contributed by atoms with Crippen LogP contribution in [0.2, 0.25) is 0 Å². The SMILES string of the molecule is COc1cc(O[C@@H](C)CO)c(F)c([C@H](Nc2ccc(C(=N)N)c(OC(C)=O)c2)c2nn(-c3ncccn3)c(=O)[nH]2)c1. The number of aromatic nitrogens is 5. The van der Waals surface area contributed by atoms with Gasteiger partial charge in [0, 0.05) is 42.7 Å². The molecular formula is C26H27FN8O6. The monoisotopic (exact) mass is 566 g/mol. The van der Waals surface area contributed by atoms with Gasteiger partial charge in [-0.3, -0.25) is 15.2 Å². The summed E-state index contributed by atoms with van der Waals surface area (Å²) in [7, 11) is 1.38. The molecule has 0 saturated carbocycles. The van der Waals surface area contributed by atoms with Gasteiger partial charge in [-0.25, -0.2) is 19.2 Å². The Morgan fingerprint density at radius 1 is 1.24 bits per heavy atom. The van der Waals surface area contributed by atoms with Crippen LogP contribution in [-0.4, -0.2) is 61.5 Å². The molecular weight excluding hydrogens is 539 g/mol. The van der Waals surface area contributed by atoms with Gasteiger partial charge in [-0.1, -0.05) is 0 Å². The van der Waals surface area contributed by atoms with Crippen LogP contribution in [0.5, 0.6) is 17.2 Å². The molecule has 2 aromatic carbocycles. The highest BCUT2D eigenvalue weighted by atomic mass is 19.1. The summed E-state index contributed by atoms with van der Waals surface area (Å²) in [5.41, 5.74) is 5.33. The molecule has 0 amide bonds. The quantitative estimate of drug-likeness (QED) is 0.0764. The molecule has 0 aliphatic heterocycles. The number of benzene rings is 2. The van der Waals surface area contributed by atoms with Crippen LogP contribution in [0, 0.1) is 11.2 Å². The van der Waals surface area contributed by atoms with Crippen molar-refractivity contribution in [1.82, 2.24) is 24.7 Å². The molecule has 0 unspecified atom stereocenters. The lowest BCUT2D eigenvalue weighted by molar-refractivity contribution is -0.131. The summed E-state index contributed by atoms with van der Waals surface area (Å²) < 4.78 is 33.1. The summed E-state index contributed by atoms with van der Waals surface area (Å²) in [6.45, 7) is 2.38. The second-order valence-electron chi connectivity index (χ2n) is 8.71. The topological polar surface area (TPSA) is 203 Å². The van der Waals surface area contributed by atoms with Crippen molar-refractivity contribution in [2.45, 2.75) is 26.0 Å². The first-order chi connectivity index (χ1) is 19.6. The van der Waals surface area contributed by atoms with E-state index in [1.54, 1.807) is 13.0 Å². The predicted molar refractivity (Wildman–Crippen MR) is 144 cm³/mol. The van der Waals surface area contributed by atoms with E-state index in [2.05, 4.69) is 25.4 Å². The fourth-order valence-electron chi connectivity index (χ4n) is 3.80. The van der Waals surface area contributed by atoms with Crippen LogP contribution in [0.1, 0.15) is 36.8 Å². The van der Waals surface area contributed by atoms with Crippen LogP contribution in [-0.2, 0) is 4.79 Å². The van der Waals surface area contributed by atoms with E-state index in [0.717, 1.165) is 4.68 Å². The number of amidine groups is 1. The Morgan fingerprint density at radius 3 is 2.61 bits per heavy atom. The van der Waals surface area contributed by atoms with Gasteiger partial charge in [0.1, 0.15) is 29.5 Å². The van der Waals surface area contributed by atoms with Gasteiger partial charge in [0.2, 0.25) is 0 Å². The minimum Gasteiger partial charge on any atom is -0.497 e. The normalized spacial score (nSPS) is 12.3. The molecule has 0 aliphatic rings. The fraction of sp³-hybridized carbons (Fsp3) is 0.231. The Hall–Kier alpha value is -5.31. The largest absolute Gasteiger partial charge is 0.497 e. The van der Waals surface area contributed by atoms with Crippen LogP contribution >= 0.6 is 0 Å². The van der Waals surface area contributed by atoms with E-state index in [-0.39, 0.29) is 58.3 Å². The van der Waals surface area contributed by atoms with Gasteiger partial charge in [0.15, 0.2) is 17.4 Å². The summed E-state index contributed by atoms with van der Waals surface area (Å²) in [4.78, 5) is 35.2. The van der Waals surface area contributed by atoms with Gasteiger partial charge in [0.05, 0.1) is 19.3 Å². The van der Waals surface area contributed by atoms with E-state index in [4.69, 9.17) is 25.4 Å². The Kier molecular flexibility index (Phi) is 8.57. The van der Waals surface area contributed by atoms with E-state index < -0.39 is 29.6 Å². The number of nitrogens with two attached hydrogens (primary N) is 1. The number of rotatable bonds is 11. The molecule has 14 nitrogen and oxygen atoms in total. The molecule has 6 N–H and O–H groups in total. The Bertz CT molecular complexity index is 1620. The minimum absolute atomic E-state index is 0.0163. The van der Waals surface area contributed by atoms with Crippen LogP contribution < -0.4 is 31.0 Å². The number of hydrogen-bond acceptors (Lipinski definition) is 11. The average molecular weight is 567 g/mol. The van der Waals surface area contributed by atoms with Crippen molar-refractivity contribution >= 4 is 17.5 Å². The van der Waals surface area contributed by atoms with Crippen molar-refractivity contribution in [3.63, 3.8) is 0 Å². The lowest BCUT2D eigenvalue weighted by atomic mass is 10.0. The predicted octanol–water partition coefficient (Wildman–Crippen LogP) is 1.67. The number of nitrogens with one attached hydrogen (secondary N) is 3. The number of nitrogens with zero attached hydrogens (tertiary/aromatic N) is 4. The molecule has 2 aromatic heterocycles. The molecule has 2 heterocycles. The summed E-state index contributed by atoms with van der Waals surface area (Å²) >= 11 is 0. The summed E-state index contributed by atoms with van der Waals surface area (Å²) in [5.74, 6) is -1.89. The van der Waals surface area contributed by atoms with E-state index in [0.29, 0.717) is 0 Å². The number of halogens is 1. The first-order valence-corrected chi connectivity index (χ1v) is 12.2. The maximum absolute atomic E-state index is 16.0. The second kappa shape index (κ2) is 12.3. The lowest BCUT2D eigenvalue weighted by Gasteiger charge is -2.22. The van der Waals surface area contributed by atoms with Gasteiger partial charge in [0.25, 0.3) is 5.95 Å². The number of ether oxygens (including phenoxy) is 3. The Morgan fingerprint density at radius 2 is 1.98 bits per heavy atom. The van der Waals surface area contributed by atoms with Gasteiger partial charge in [-0.2, -0.15) is 0 Å². The van der Waals surface area contributed by atoms with Crippen LogP contribution in [0.4, 0.5) is 10.1 Å². The van der Waals surface area contributed by atoms with Crippen molar-refractivity contribution in [1.29, 1.82) is 5.41 Å². The van der Waals surface area contributed by atoms with Crippen LogP contribution in [0.3, 0.4) is 0 Å². The first-order valence-electron chi connectivity index (χ1n) is 12.2. The van der Waals surface area contributed by atoms with E-state index in [1.165, 1.54) is 56.8 Å². The number of aliphatic hydroxyl groups is 1. The van der Waals surface area contributed by atoms with Crippen molar-refractivity contribution in [3.8, 4) is 23.2 Å². The zero-order valence-corrected chi connectivity index (χ0v) is 22.2. The molecule has 15 heteroatoms. The minimum atomic E-state index is -1.19. The van der Waals surface area contributed by atoms with Crippen LogP contribution in [0.25, 0.3) is 5.95 Å². The Balaban J connectivity index is 1.89. The molecule has 0 bridgehead atoms. The summed E-state index contributed by atoms with van der Waals surface area (Å²) in [6, 6.07) is 7.44. The van der Waals surface area contributed by atoms with Gasteiger partial charge in [-0.05, 0) is 31.2 Å². The smallest absolute Gasteiger partial charge is 0.350 e. The molecule has 4 aromatic rings. The molecule has 41 heavy (non-hydrogen) atoms. The Labute approximate surface area is 232 Å². The molecule has 0 aliphatic carbocycles. The van der Waals surface area contributed by atoms with E-state index >= 15 is 4.39 Å². The third-order valence-corrected chi connectivity index (χ3v) is 5.66. The highest BCUT2D eigenvalue weighted by Gasteiger charge is 2.28. The zero-order chi connectivity index (χ0) is 29.7. The fourth-order valence-corrected chi connectivity index (χ4v) is 3.80. The molecule has 214 valence electrons. The molecule has 0 saturated heterocycles. The number of carbonyl (C=O) groups is 1. The third-order valence-electron chi connectivity index (χ3n) is 5.66. The number of aliphatic hydroxyl groups excluding tert-OH is 1. The number of esters is 1. The highest BCUT2D eigenvalue weighted by molar-refractivity contribution is 5.98. The van der Waals surface area contributed by atoms with E-state index in [1.807, 2.05) is 0 Å². The first kappa shape index (κ1) is 28.7. The summed E-state index contributed by atoms with van der Waals surface area (Å²) in [5, 5.41) is 24.6. The maximum Gasteiger partial charge on any atom is 0.350 e. The maximum atomic E-state index is 16.0.